The van der Waals surface area contributed by atoms with Crippen LogP contribution >= 0.6 is 0 Å². The van der Waals surface area contributed by atoms with E-state index in [9.17, 15) is 4.79 Å². The average molecular weight is 306 g/mol. The lowest BCUT2D eigenvalue weighted by Crippen LogP contribution is -2.16. The maximum Gasteiger partial charge on any atom is 0.228 e. The quantitative estimate of drug-likeness (QED) is 0.731. The van der Waals surface area contributed by atoms with Gasteiger partial charge in [-0.2, -0.15) is 0 Å². The van der Waals surface area contributed by atoms with E-state index in [1.54, 1.807) is 0 Å². The Morgan fingerprint density at radius 2 is 1.87 bits per heavy atom. The van der Waals surface area contributed by atoms with Crippen molar-refractivity contribution in [3.8, 4) is 0 Å². The highest BCUT2D eigenvalue weighted by Gasteiger charge is 2.14. The van der Waals surface area contributed by atoms with Crippen LogP contribution in [-0.4, -0.2) is 10.9 Å². The van der Waals surface area contributed by atoms with Crippen LogP contribution in [0.1, 0.15) is 29.3 Å². The van der Waals surface area contributed by atoms with Gasteiger partial charge in [-0.05, 0) is 43.0 Å². The number of hydrogen-bond acceptors (Lipinski definition) is 1. The minimum atomic E-state index is 0.0295. The number of H-pyrrole nitrogens is 1. The van der Waals surface area contributed by atoms with E-state index < -0.39 is 0 Å². The lowest BCUT2D eigenvalue weighted by atomic mass is 10.0. The van der Waals surface area contributed by atoms with Crippen molar-refractivity contribution < 1.29 is 4.79 Å². The second-order valence-corrected chi connectivity index (χ2v) is 5.96. The zero-order valence-corrected chi connectivity index (χ0v) is 13.9. The summed E-state index contributed by atoms with van der Waals surface area (Å²) in [5, 5.41) is 4.23. The first-order valence-electron chi connectivity index (χ1n) is 8.04. The van der Waals surface area contributed by atoms with Crippen molar-refractivity contribution in [3.63, 3.8) is 0 Å². The van der Waals surface area contributed by atoms with Gasteiger partial charge in [-0.15, -0.1) is 0 Å². The van der Waals surface area contributed by atoms with Crippen molar-refractivity contribution in [3.05, 3.63) is 64.8 Å². The Kier molecular flexibility index (Phi) is 4.20. The van der Waals surface area contributed by atoms with E-state index in [2.05, 4.69) is 29.4 Å². The minimum absolute atomic E-state index is 0.0295. The fourth-order valence-electron chi connectivity index (χ4n) is 3.11. The Labute approximate surface area is 136 Å². The van der Waals surface area contributed by atoms with Crippen LogP contribution in [0.2, 0.25) is 0 Å². The summed E-state index contributed by atoms with van der Waals surface area (Å²) in [5.74, 6) is 0.0295. The maximum atomic E-state index is 12.6. The van der Waals surface area contributed by atoms with Crippen LogP contribution < -0.4 is 5.32 Å². The summed E-state index contributed by atoms with van der Waals surface area (Å²) >= 11 is 0. The van der Waals surface area contributed by atoms with E-state index in [0.29, 0.717) is 6.42 Å². The van der Waals surface area contributed by atoms with Crippen molar-refractivity contribution in [2.45, 2.75) is 33.6 Å². The average Bonchev–Trinajstić information content (AvgIpc) is 2.85. The Bertz CT molecular complexity index is 861. The van der Waals surface area contributed by atoms with Gasteiger partial charge < -0.3 is 10.3 Å². The molecule has 1 amide bonds. The molecule has 1 aromatic heterocycles. The predicted molar refractivity (Wildman–Crippen MR) is 95.9 cm³/mol. The zero-order chi connectivity index (χ0) is 16.4. The normalized spacial score (nSPS) is 10.9. The van der Waals surface area contributed by atoms with Crippen LogP contribution in [0.4, 0.5) is 5.69 Å². The van der Waals surface area contributed by atoms with E-state index in [-0.39, 0.29) is 5.91 Å². The second-order valence-electron chi connectivity index (χ2n) is 5.96. The molecule has 1 heterocycles. The molecule has 0 atom stereocenters. The number of para-hydroxylation sites is 2. The Morgan fingerprint density at radius 3 is 2.65 bits per heavy atom. The molecule has 0 aliphatic rings. The standard InChI is InChI=1S/C20H22N2O/c1-4-15-9-7-8-13(2)20(15)22-19(23)12-17-14(3)21-18-11-6-5-10-16(17)18/h5-11,21H,4,12H2,1-3H3,(H,22,23). The van der Waals surface area contributed by atoms with Crippen LogP contribution in [-0.2, 0) is 17.6 Å². The fraction of sp³-hybridized carbons (Fsp3) is 0.250. The summed E-state index contributed by atoms with van der Waals surface area (Å²) in [7, 11) is 0. The number of hydrogen-bond donors (Lipinski definition) is 2. The Morgan fingerprint density at radius 1 is 1.09 bits per heavy atom. The van der Waals surface area contributed by atoms with Crippen LogP contribution in [0.3, 0.4) is 0 Å². The highest BCUT2D eigenvalue weighted by molar-refractivity contribution is 5.97. The number of rotatable bonds is 4. The van der Waals surface area contributed by atoms with Crippen molar-refractivity contribution in [1.82, 2.24) is 4.98 Å². The third kappa shape index (κ3) is 3.00. The number of aryl methyl sites for hydroxylation is 3. The molecule has 0 aliphatic heterocycles. The third-order valence-corrected chi connectivity index (χ3v) is 4.37. The second kappa shape index (κ2) is 6.29. The van der Waals surface area contributed by atoms with Crippen LogP contribution in [0.5, 0.6) is 0 Å². The summed E-state index contributed by atoms with van der Waals surface area (Å²) in [6, 6.07) is 14.3. The smallest absolute Gasteiger partial charge is 0.228 e. The van der Waals surface area contributed by atoms with E-state index in [1.165, 1.54) is 5.56 Å². The molecule has 118 valence electrons. The van der Waals surface area contributed by atoms with Gasteiger partial charge in [-0.25, -0.2) is 0 Å². The van der Waals surface area contributed by atoms with Gasteiger partial charge in [0.2, 0.25) is 5.91 Å². The Hall–Kier alpha value is -2.55. The molecule has 3 nitrogen and oxygen atoms in total. The highest BCUT2D eigenvalue weighted by Crippen LogP contribution is 2.24. The maximum absolute atomic E-state index is 12.6. The van der Waals surface area contributed by atoms with Crippen molar-refractivity contribution in [1.29, 1.82) is 0 Å². The molecule has 0 saturated heterocycles. The van der Waals surface area contributed by atoms with E-state index in [0.717, 1.165) is 39.8 Å². The number of aromatic amines is 1. The molecule has 3 rings (SSSR count). The molecule has 0 radical (unpaired) electrons. The van der Waals surface area contributed by atoms with Crippen LogP contribution in [0, 0.1) is 13.8 Å². The van der Waals surface area contributed by atoms with Crippen molar-refractivity contribution in [2.24, 2.45) is 0 Å². The molecule has 0 saturated carbocycles. The highest BCUT2D eigenvalue weighted by atomic mass is 16.1. The van der Waals surface area contributed by atoms with E-state index >= 15 is 0 Å². The summed E-state index contributed by atoms with van der Waals surface area (Å²) < 4.78 is 0. The molecule has 2 aromatic carbocycles. The van der Waals surface area contributed by atoms with Crippen LogP contribution in [0.25, 0.3) is 10.9 Å². The lowest BCUT2D eigenvalue weighted by molar-refractivity contribution is -0.115. The topological polar surface area (TPSA) is 44.9 Å². The Balaban J connectivity index is 1.86. The van der Waals surface area contributed by atoms with Gasteiger partial charge in [0.05, 0.1) is 6.42 Å². The van der Waals surface area contributed by atoms with Crippen molar-refractivity contribution in [2.75, 3.05) is 5.32 Å². The molecule has 0 unspecified atom stereocenters. The van der Waals surface area contributed by atoms with Gasteiger partial charge in [-0.3, -0.25) is 4.79 Å². The third-order valence-electron chi connectivity index (χ3n) is 4.37. The fourth-order valence-corrected chi connectivity index (χ4v) is 3.11. The molecule has 0 bridgehead atoms. The summed E-state index contributed by atoms with van der Waals surface area (Å²) in [6.45, 7) is 6.16. The van der Waals surface area contributed by atoms with Gasteiger partial charge in [0.25, 0.3) is 0 Å². The summed E-state index contributed by atoms with van der Waals surface area (Å²) in [6.07, 6.45) is 1.29. The van der Waals surface area contributed by atoms with Crippen molar-refractivity contribution >= 4 is 22.5 Å². The molecular formula is C20H22N2O. The minimum Gasteiger partial charge on any atom is -0.358 e. The number of fused-ring (bicyclic) bond motifs is 1. The molecule has 0 spiro atoms. The lowest BCUT2D eigenvalue weighted by Gasteiger charge is -2.13. The number of amides is 1. The van der Waals surface area contributed by atoms with Gasteiger partial charge in [-0.1, -0.05) is 43.3 Å². The summed E-state index contributed by atoms with van der Waals surface area (Å²) in [4.78, 5) is 15.9. The zero-order valence-electron chi connectivity index (χ0n) is 13.9. The first-order valence-corrected chi connectivity index (χ1v) is 8.04. The SMILES string of the molecule is CCc1cccc(C)c1NC(=O)Cc1c(C)[nH]c2ccccc12. The number of nitrogens with one attached hydrogen (secondary N) is 2. The van der Waals surface area contributed by atoms with E-state index in [1.807, 2.05) is 44.2 Å². The number of aromatic nitrogens is 1. The molecule has 2 N–H and O–H groups in total. The number of benzene rings is 2. The van der Waals surface area contributed by atoms with Crippen LogP contribution in [0.15, 0.2) is 42.5 Å². The van der Waals surface area contributed by atoms with Gasteiger partial charge >= 0.3 is 0 Å². The predicted octanol–water partition coefficient (Wildman–Crippen LogP) is 4.53. The van der Waals surface area contributed by atoms with Gasteiger partial charge in [0, 0.05) is 22.3 Å². The number of carbonyl (C=O) groups is 1. The molecule has 3 heteroatoms. The molecule has 0 fully saturated rings. The molecule has 3 aromatic rings. The molecular weight excluding hydrogens is 284 g/mol. The van der Waals surface area contributed by atoms with Gasteiger partial charge in [0.1, 0.15) is 0 Å². The molecule has 23 heavy (non-hydrogen) atoms. The molecule has 0 aliphatic carbocycles. The summed E-state index contributed by atoms with van der Waals surface area (Å²) in [5.41, 5.74) is 6.45. The first kappa shape index (κ1) is 15.3. The number of anilines is 1. The van der Waals surface area contributed by atoms with E-state index in [4.69, 9.17) is 0 Å². The largest absolute Gasteiger partial charge is 0.358 e. The van der Waals surface area contributed by atoms with Gasteiger partial charge in [0.15, 0.2) is 0 Å². The monoisotopic (exact) mass is 306 g/mol. The number of carbonyl (C=O) groups excluding carboxylic acids is 1. The first-order chi connectivity index (χ1) is 11.1.